The standard InChI is InChI=1S/C11H14N2O3/c1-8-12-10(16-13-8)7-15-11(14)9-5-3-2-4-6-9/h5H,2-4,6-7H2,1H3. The second-order valence-electron chi connectivity index (χ2n) is 3.79. The number of rotatable bonds is 3. The third-order valence-electron chi connectivity index (χ3n) is 2.45. The molecule has 1 heterocycles. The van der Waals surface area contributed by atoms with Gasteiger partial charge in [-0.05, 0) is 32.6 Å². The molecule has 0 atom stereocenters. The van der Waals surface area contributed by atoms with Crippen LogP contribution in [0.1, 0.15) is 37.4 Å². The van der Waals surface area contributed by atoms with Crippen LogP contribution in [-0.4, -0.2) is 16.1 Å². The fourth-order valence-corrected chi connectivity index (χ4v) is 1.64. The number of hydrogen-bond acceptors (Lipinski definition) is 5. The summed E-state index contributed by atoms with van der Waals surface area (Å²) in [4.78, 5) is 15.6. The summed E-state index contributed by atoms with van der Waals surface area (Å²) in [5, 5.41) is 3.62. The molecule has 0 saturated heterocycles. The van der Waals surface area contributed by atoms with Crippen LogP contribution in [0.3, 0.4) is 0 Å². The van der Waals surface area contributed by atoms with Crippen molar-refractivity contribution < 1.29 is 14.1 Å². The summed E-state index contributed by atoms with van der Waals surface area (Å²) >= 11 is 0. The minimum absolute atomic E-state index is 0.0526. The number of allylic oxidation sites excluding steroid dienone is 1. The van der Waals surface area contributed by atoms with Crippen LogP contribution in [-0.2, 0) is 16.1 Å². The highest BCUT2D eigenvalue weighted by molar-refractivity contribution is 5.88. The smallest absolute Gasteiger partial charge is 0.334 e. The molecule has 0 N–H and O–H groups in total. The molecule has 1 aliphatic carbocycles. The highest BCUT2D eigenvalue weighted by atomic mass is 16.6. The number of carbonyl (C=O) groups excluding carboxylic acids is 1. The minimum Gasteiger partial charge on any atom is -0.452 e. The molecule has 5 nitrogen and oxygen atoms in total. The Labute approximate surface area is 93.5 Å². The van der Waals surface area contributed by atoms with Gasteiger partial charge in [0.2, 0.25) is 0 Å². The zero-order chi connectivity index (χ0) is 11.4. The molecule has 1 aromatic rings. The van der Waals surface area contributed by atoms with E-state index >= 15 is 0 Å². The normalized spacial score (nSPS) is 15.7. The highest BCUT2D eigenvalue weighted by Crippen LogP contribution is 2.18. The molecule has 0 spiro atoms. The fourth-order valence-electron chi connectivity index (χ4n) is 1.64. The van der Waals surface area contributed by atoms with Gasteiger partial charge in [0.1, 0.15) is 0 Å². The van der Waals surface area contributed by atoms with Crippen molar-refractivity contribution in [1.29, 1.82) is 0 Å². The van der Waals surface area contributed by atoms with Crippen molar-refractivity contribution in [3.05, 3.63) is 23.4 Å². The molecule has 0 amide bonds. The van der Waals surface area contributed by atoms with E-state index in [1.165, 1.54) is 0 Å². The largest absolute Gasteiger partial charge is 0.452 e. The monoisotopic (exact) mass is 222 g/mol. The Bertz CT molecular complexity index is 409. The summed E-state index contributed by atoms with van der Waals surface area (Å²) < 4.78 is 9.92. The number of carbonyl (C=O) groups is 1. The predicted molar refractivity (Wildman–Crippen MR) is 55.4 cm³/mol. The molecule has 86 valence electrons. The minimum atomic E-state index is -0.268. The Morgan fingerprint density at radius 2 is 2.44 bits per heavy atom. The molecule has 0 bridgehead atoms. The molecular weight excluding hydrogens is 208 g/mol. The second-order valence-corrected chi connectivity index (χ2v) is 3.79. The van der Waals surface area contributed by atoms with Gasteiger partial charge in [-0.15, -0.1) is 0 Å². The van der Waals surface area contributed by atoms with E-state index < -0.39 is 0 Å². The number of aromatic nitrogens is 2. The van der Waals surface area contributed by atoms with Crippen LogP contribution < -0.4 is 0 Å². The molecule has 5 heteroatoms. The first-order chi connectivity index (χ1) is 7.75. The van der Waals surface area contributed by atoms with Crippen LogP contribution in [0.4, 0.5) is 0 Å². The van der Waals surface area contributed by atoms with Gasteiger partial charge in [-0.3, -0.25) is 0 Å². The van der Waals surface area contributed by atoms with Crippen molar-refractivity contribution in [1.82, 2.24) is 10.1 Å². The molecule has 2 rings (SSSR count). The fraction of sp³-hybridized carbons (Fsp3) is 0.545. The van der Waals surface area contributed by atoms with E-state index in [1.54, 1.807) is 6.92 Å². The molecule has 1 aliphatic rings. The van der Waals surface area contributed by atoms with Crippen LogP contribution >= 0.6 is 0 Å². The zero-order valence-electron chi connectivity index (χ0n) is 9.23. The summed E-state index contributed by atoms with van der Waals surface area (Å²) in [7, 11) is 0. The lowest BCUT2D eigenvalue weighted by Crippen LogP contribution is -2.10. The van der Waals surface area contributed by atoms with Crippen molar-refractivity contribution in [2.45, 2.75) is 39.2 Å². The van der Waals surface area contributed by atoms with Crippen LogP contribution in [0.25, 0.3) is 0 Å². The summed E-state index contributed by atoms with van der Waals surface area (Å²) in [5.74, 6) is 0.612. The van der Waals surface area contributed by atoms with Gasteiger partial charge < -0.3 is 9.26 Å². The lowest BCUT2D eigenvalue weighted by atomic mass is 10.00. The third-order valence-corrected chi connectivity index (χ3v) is 2.45. The average molecular weight is 222 g/mol. The van der Waals surface area contributed by atoms with Crippen LogP contribution in [0.15, 0.2) is 16.2 Å². The molecule has 0 aromatic carbocycles. The van der Waals surface area contributed by atoms with E-state index in [1.807, 2.05) is 6.08 Å². The van der Waals surface area contributed by atoms with Gasteiger partial charge in [0.25, 0.3) is 5.89 Å². The molecular formula is C11H14N2O3. The van der Waals surface area contributed by atoms with Gasteiger partial charge in [-0.2, -0.15) is 4.98 Å². The van der Waals surface area contributed by atoms with Crippen LogP contribution in [0.5, 0.6) is 0 Å². The van der Waals surface area contributed by atoms with E-state index in [9.17, 15) is 4.79 Å². The van der Waals surface area contributed by atoms with Gasteiger partial charge in [0, 0.05) is 5.57 Å². The summed E-state index contributed by atoms with van der Waals surface area (Å²) in [6.45, 7) is 1.77. The lowest BCUT2D eigenvalue weighted by Gasteiger charge is -2.10. The van der Waals surface area contributed by atoms with Crippen molar-refractivity contribution >= 4 is 5.97 Å². The molecule has 1 aromatic heterocycles. The Morgan fingerprint density at radius 1 is 1.56 bits per heavy atom. The topological polar surface area (TPSA) is 65.2 Å². The first-order valence-corrected chi connectivity index (χ1v) is 5.41. The van der Waals surface area contributed by atoms with E-state index in [4.69, 9.17) is 9.26 Å². The number of esters is 1. The molecule has 0 unspecified atom stereocenters. The maximum absolute atomic E-state index is 11.6. The first-order valence-electron chi connectivity index (χ1n) is 5.41. The summed E-state index contributed by atoms with van der Waals surface area (Å²) in [6.07, 6.45) is 5.93. The van der Waals surface area contributed by atoms with Gasteiger partial charge in [0.05, 0.1) is 0 Å². The molecule has 0 fully saturated rings. The number of ether oxygens (including phenoxy) is 1. The van der Waals surface area contributed by atoms with Crippen LogP contribution in [0, 0.1) is 6.92 Å². The average Bonchev–Trinajstić information content (AvgIpc) is 2.73. The Kier molecular flexibility index (Phi) is 3.34. The SMILES string of the molecule is Cc1noc(COC(=O)C2=CCCCC2)n1. The third kappa shape index (κ3) is 2.68. The van der Waals surface area contributed by atoms with Crippen molar-refractivity contribution in [2.75, 3.05) is 0 Å². The van der Waals surface area contributed by atoms with Gasteiger partial charge in [-0.1, -0.05) is 11.2 Å². The van der Waals surface area contributed by atoms with E-state index in [0.717, 1.165) is 31.3 Å². The predicted octanol–water partition coefficient (Wildman–Crippen LogP) is 1.92. The first kappa shape index (κ1) is 10.9. The molecule has 0 radical (unpaired) electrons. The molecule has 16 heavy (non-hydrogen) atoms. The van der Waals surface area contributed by atoms with Crippen LogP contribution in [0.2, 0.25) is 0 Å². The molecule has 0 aliphatic heterocycles. The van der Waals surface area contributed by atoms with E-state index in [0.29, 0.717) is 11.7 Å². The number of aryl methyl sites for hydroxylation is 1. The highest BCUT2D eigenvalue weighted by Gasteiger charge is 2.14. The van der Waals surface area contributed by atoms with Crippen molar-refractivity contribution in [3.63, 3.8) is 0 Å². The Morgan fingerprint density at radius 3 is 3.06 bits per heavy atom. The maximum Gasteiger partial charge on any atom is 0.334 e. The lowest BCUT2D eigenvalue weighted by molar-refractivity contribution is -0.141. The summed E-state index contributed by atoms with van der Waals surface area (Å²) in [6, 6.07) is 0. The maximum atomic E-state index is 11.6. The summed E-state index contributed by atoms with van der Waals surface area (Å²) in [5.41, 5.74) is 0.766. The quantitative estimate of drug-likeness (QED) is 0.731. The second kappa shape index (κ2) is 4.92. The van der Waals surface area contributed by atoms with Crippen molar-refractivity contribution in [2.24, 2.45) is 0 Å². The van der Waals surface area contributed by atoms with E-state index in [2.05, 4.69) is 10.1 Å². The molecule has 0 saturated carbocycles. The van der Waals surface area contributed by atoms with Gasteiger partial charge in [-0.25, -0.2) is 4.79 Å². The van der Waals surface area contributed by atoms with Gasteiger partial charge >= 0.3 is 5.97 Å². The number of nitrogens with zero attached hydrogens (tertiary/aromatic N) is 2. The van der Waals surface area contributed by atoms with Gasteiger partial charge in [0.15, 0.2) is 12.4 Å². The number of hydrogen-bond donors (Lipinski definition) is 0. The Hall–Kier alpha value is -1.65. The van der Waals surface area contributed by atoms with E-state index in [-0.39, 0.29) is 12.6 Å². The zero-order valence-corrected chi connectivity index (χ0v) is 9.23. The Balaban J connectivity index is 1.86. The van der Waals surface area contributed by atoms with Crippen molar-refractivity contribution in [3.8, 4) is 0 Å².